The van der Waals surface area contributed by atoms with Crippen molar-refractivity contribution in [2.45, 2.75) is 53.0 Å². The van der Waals surface area contributed by atoms with E-state index in [2.05, 4.69) is 20.8 Å². The number of carbonyl (C=O) groups excluding carboxylic acids is 1. The monoisotopic (exact) mass is 284 g/mol. The molecule has 1 unspecified atom stereocenters. The zero-order valence-corrected chi connectivity index (χ0v) is 13.1. The van der Waals surface area contributed by atoms with Crippen molar-refractivity contribution < 1.29 is 14.7 Å². The summed E-state index contributed by atoms with van der Waals surface area (Å²) in [6.07, 6.45) is 2.96. The van der Waals surface area contributed by atoms with Crippen LogP contribution in [0.15, 0.2) is 0 Å². The van der Waals surface area contributed by atoms with Crippen molar-refractivity contribution in [2.75, 3.05) is 19.6 Å². The number of aliphatic carboxylic acids is 1. The van der Waals surface area contributed by atoms with E-state index in [0.29, 0.717) is 13.1 Å². The van der Waals surface area contributed by atoms with E-state index in [9.17, 15) is 9.59 Å². The summed E-state index contributed by atoms with van der Waals surface area (Å²) in [5.74, 6) is -1.19. The summed E-state index contributed by atoms with van der Waals surface area (Å²) in [6, 6.07) is 0.205. The highest BCUT2D eigenvalue weighted by atomic mass is 16.4. The molecule has 116 valence electrons. The van der Waals surface area contributed by atoms with Gasteiger partial charge in [-0.3, -0.25) is 4.79 Å². The Morgan fingerprint density at radius 3 is 2.45 bits per heavy atom. The molecule has 0 bridgehead atoms. The van der Waals surface area contributed by atoms with Gasteiger partial charge < -0.3 is 14.9 Å². The maximum atomic E-state index is 12.6. The van der Waals surface area contributed by atoms with E-state index < -0.39 is 11.9 Å². The number of urea groups is 1. The fourth-order valence-corrected chi connectivity index (χ4v) is 2.68. The standard InChI is InChI=1S/C15H28N2O3/c1-5-7-8-17(12(4)6-2)15(20)16-9-11(3)13(10-16)14(18)19/h11-13H,5-10H2,1-4H3,(H,18,19)/t11-,12?,13-/m1/s1. The van der Waals surface area contributed by atoms with Crippen LogP contribution in [0.2, 0.25) is 0 Å². The number of likely N-dealkylation sites (tertiary alicyclic amines) is 1. The van der Waals surface area contributed by atoms with Crippen molar-refractivity contribution in [1.82, 2.24) is 9.80 Å². The van der Waals surface area contributed by atoms with E-state index in [4.69, 9.17) is 5.11 Å². The van der Waals surface area contributed by atoms with Crippen LogP contribution in [0.25, 0.3) is 0 Å². The van der Waals surface area contributed by atoms with E-state index in [1.165, 1.54) is 0 Å². The molecule has 0 aliphatic carbocycles. The summed E-state index contributed by atoms with van der Waals surface area (Å²) in [6.45, 7) is 9.80. The third kappa shape index (κ3) is 3.87. The Bertz CT molecular complexity index is 346. The summed E-state index contributed by atoms with van der Waals surface area (Å²) >= 11 is 0. The highest BCUT2D eigenvalue weighted by molar-refractivity contribution is 5.78. The second-order valence-electron chi connectivity index (χ2n) is 5.91. The Balaban J connectivity index is 2.72. The van der Waals surface area contributed by atoms with Crippen molar-refractivity contribution in [2.24, 2.45) is 11.8 Å². The summed E-state index contributed by atoms with van der Waals surface area (Å²) in [5, 5.41) is 9.17. The summed E-state index contributed by atoms with van der Waals surface area (Å²) in [7, 11) is 0. The lowest BCUT2D eigenvalue weighted by Gasteiger charge is -2.32. The van der Waals surface area contributed by atoms with Gasteiger partial charge in [-0.2, -0.15) is 0 Å². The number of carbonyl (C=O) groups is 2. The SMILES string of the molecule is CCCCN(C(=O)N1C[C@@H](C)[C@H](C(=O)O)C1)C(C)CC. The maximum absolute atomic E-state index is 12.6. The smallest absolute Gasteiger partial charge is 0.320 e. The molecule has 1 heterocycles. The predicted molar refractivity (Wildman–Crippen MR) is 78.6 cm³/mol. The van der Waals surface area contributed by atoms with E-state index in [1.807, 2.05) is 11.8 Å². The molecule has 0 radical (unpaired) electrons. The molecule has 20 heavy (non-hydrogen) atoms. The first-order chi connectivity index (χ1) is 9.42. The minimum absolute atomic E-state index is 0.00315. The van der Waals surface area contributed by atoms with Gasteiger partial charge in [0, 0.05) is 25.7 Å². The minimum Gasteiger partial charge on any atom is -0.481 e. The van der Waals surface area contributed by atoms with Crippen molar-refractivity contribution in [3.8, 4) is 0 Å². The normalized spacial score (nSPS) is 23.7. The highest BCUT2D eigenvalue weighted by Crippen LogP contribution is 2.25. The fraction of sp³-hybridized carbons (Fsp3) is 0.867. The quantitative estimate of drug-likeness (QED) is 0.815. The average molecular weight is 284 g/mol. The van der Waals surface area contributed by atoms with Gasteiger partial charge in [-0.15, -0.1) is 0 Å². The molecule has 5 nitrogen and oxygen atoms in total. The molecular formula is C15H28N2O3. The molecule has 1 N–H and O–H groups in total. The van der Waals surface area contributed by atoms with Gasteiger partial charge in [0.2, 0.25) is 0 Å². The lowest BCUT2D eigenvalue weighted by atomic mass is 9.99. The van der Waals surface area contributed by atoms with E-state index in [0.717, 1.165) is 25.8 Å². The second kappa shape index (κ2) is 7.50. The molecule has 0 aromatic carbocycles. The molecule has 1 aliphatic rings. The van der Waals surface area contributed by atoms with Crippen LogP contribution in [0.3, 0.4) is 0 Å². The van der Waals surface area contributed by atoms with Gasteiger partial charge in [0.05, 0.1) is 5.92 Å². The second-order valence-corrected chi connectivity index (χ2v) is 5.91. The molecule has 0 aromatic heterocycles. The molecule has 1 saturated heterocycles. The van der Waals surface area contributed by atoms with Gasteiger partial charge in [0.25, 0.3) is 0 Å². The number of carboxylic acid groups (broad SMARTS) is 1. The van der Waals surface area contributed by atoms with Crippen molar-refractivity contribution in [1.29, 1.82) is 0 Å². The Morgan fingerprint density at radius 2 is 2.00 bits per heavy atom. The first-order valence-corrected chi connectivity index (χ1v) is 7.70. The Kier molecular flexibility index (Phi) is 6.30. The van der Waals surface area contributed by atoms with Gasteiger partial charge in [0.15, 0.2) is 0 Å². The summed E-state index contributed by atoms with van der Waals surface area (Å²) < 4.78 is 0. The number of unbranched alkanes of at least 4 members (excludes halogenated alkanes) is 1. The molecule has 0 saturated carbocycles. The molecule has 2 amide bonds. The molecule has 3 atom stereocenters. The van der Waals surface area contributed by atoms with Crippen LogP contribution >= 0.6 is 0 Å². The molecule has 1 aliphatic heterocycles. The minimum atomic E-state index is -0.795. The summed E-state index contributed by atoms with van der Waals surface area (Å²) in [4.78, 5) is 27.4. The van der Waals surface area contributed by atoms with Crippen LogP contribution < -0.4 is 0 Å². The van der Waals surface area contributed by atoms with Gasteiger partial charge in [0.1, 0.15) is 0 Å². The first-order valence-electron chi connectivity index (χ1n) is 7.70. The highest BCUT2D eigenvalue weighted by Gasteiger charge is 2.38. The lowest BCUT2D eigenvalue weighted by Crippen LogP contribution is -2.47. The molecule has 1 fully saturated rings. The van der Waals surface area contributed by atoms with Crippen LogP contribution in [0.5, 0.6) is 0 Å². The number of hydrogen-bond donors (Lipinski definition) is 1. The third-order valence-electron chi connectivity index (χ3n) is 4.32. The van der Waals surface area contributed by atoms with E-state index in [1.54, 1.807) is 4.90 Å². The number of nitrogens with zero attached hydrogens (tertiary/aromatic N) is 2. The Labute approximate surface area is 121 Å². The van der Waals surface area contributed by atoms with Gasteiger partial charge >= 0.3 is 12.0 Å². The van der Waals surface area contributed by atoms with Gasteiger partial charge in [-0.05, 0) is 25.7 Å². The first kappa shape index (κ1) is 16.8. The van der Waals surface area contributed by atoms with Crippen molar-refractivity contribution in [3.05, 3.63) is 0 Å². The Hall–Kier alpha value is -1.26. The van der Waals surface area contributed by atoms with Crippen LogP contribution in [0.1, 0.15) is 47.0 Å². The van der Waals surface area contributed by atoms with E-state index >= 15 is 0 Å². The van der Waals surface area contributed by atoms with Crippen LogP contribution in [0, 0.1) is 11.8 Å². The van der Waals surface area contributed by atoms with Crippen LogP contribution in [0.4, 0.5) is 4.79 Å². The largest absolute Gasteiger partial charge is 0.481 e. The van der Waals surface area contributed by atoms with Gasteiger partial charge in [-0.1, -0.05) is 27.2 Å². The molecule has 1 rings (SSSR count). The van der Waals surface area contributed by atoms with Crippen LogP contribution in [-0.4, -0.2) is 52.6 Å². The maximum Gasteiger partial charge on any atom is 0.320 e. The molecule has 5 heteroatoms. The number of hydrogen-bond acceptors (Lipinski definition) is 2. The number of amides is 2. The zero-order valence-electron chi connectivity index (χ0n) is 13.1. The van der Waals surface area contributed by atoms with Crippen molar-refractivity contribution in [3.63, 3.8) is 0 Å². The Morgan fingerprint density at radius 1 is 1.35 bits per heavy atom. The molecular weight excluding hydrogens is 256 g/mol. The third-order valence-corrected chi connectivity index (χ3v) is 4.32. The predicted octanol–water partition coefficient (Wildman–Crippen LogP) is 2.66. The van der Waals surface area contributed by atoms with Gasteiger partial charge in [-0.25, -0.2) is 4.79 Å². The molecule has 0 aromatic rings. The molecule has 0 spiro atoms. The van der Waals surface area contributed by atoms with E-state index in [-0.39, 0.29) is 18.0 Å². The lowest BCUT2D eigenvalue weighted by molar-refractivity contribution is -0.142. The fourth-order valence-electron chi connectivity index (χ4n) is 2.68. The van der Waals surface area contributed by atoms with Crippen molar-refractivity contribution >= 4 is 12.0 Å². The number of rotatable bonds is 6. The summed E-state index contributed by atoms with van der Waals surface area (Å²) in [5.41, 5.74) is 0. The average Bonchev–Trinajstić information content (AvgIpc) is 2.80. The number of carboxylic acids is 1. The topological polar surface area (TPSA) is 60.9 Å². The van der Waals surface area contributed by atoms with Crippen LogP contribution in [-0.2, 0) is 4.79 Å². The zero-order chi connectivity index (χ0) is 15.3.